The summed E-state index contributed by atoms with van der Waals surface area (Å²) in [6.07, 6.45) is -4.80. The van der Waals surface area contributed by atoms with Gasteiger partial charge in [-0.25, -0.2) is 8.78 Å². The molecular weight excluding hydrogens is 279 g/mol. The molecule has 7 heteroatoms. The molecule has 1 unspecified atom stereocenters. The molecular formula is C13H15F5N2. The predicted molar refractivity (Wildman–Crippen MR) is 63.2 cm³/mol. The lowest BCUT2D eigenvalue weighted by molar-refractivity contribution is -0.137. The molecule has 1 fully saturated rings. The van der Waals surface area contributed by atoms with Crippen LogP contribution in [0.3, 0.4) is 0 Å². The lowest BCUT2D eigenvalue weighted by Gasteiger charge is -2.31. The topological polar surface area (TPSA) is 16.1 Å². The molecule has 112 valence electrons. The van der Waals surface area contributed by atoms with E-state index in [4.69, 9.17) is 0 Å². The van der Waals surface area contributed by atoms with Gasteiger partial charge < -0.3 is 0 Å². The number of halogens is 5. The number of alkyl halides is 5. The molecule has 0 radical (unpaired) electrons. The number of aromatic nitrogens is 1. The highest BCUT2D eigenvalue weighted by Crippen LogP contribution is 2.29. The van der Waals surface area contributed by atoms with Crippen LogP contribution in [0.15, 0.2) is 18.3 Å². The van der Waals surface area contributed by atoms with Gasteiger partial charge in [0.05, 0.1) is 11.3 Å². The molecule has 0 amide bonds. The summed E-state index contributed by atoms with van der Waals surface area (Å²) in [4.78, 5) is 5.58. The summed E-state index contributed by atoms with van der Waals surface area (Å²) in [6.45, 7) is 1.24. The van der Waals surface area contributed by atoms with Crippen molar-refractivity contribution in [1.29, 1.82) is 0 Å². The molecule has 2 nitrogen and oxygen atoms in total. The maximum atomic E-state index is 12.6. The minimum Gasteiger partial charge on any atom is -0.297 e. The Kier molecular flexibility index (Phi) is 4.57. The summed E-state index contributed by atoms with van der Waals surface area (Å²) in [5.74, 6) is -0.654. The smallest absolute Gasteiger partial charge is 0.297 e. The minimum atomic E-state index is -4.41. The number of rotatable bonds is 3. The lowest BCUT2D eigenvalue weighted by Crippen LogP contribution is -2.37. The van der Waals surface area contributed by atoms with Gasteiger partial charge in [0.1, 0.15) is 0 Å². The first-order chi connectivity index (χ1) is 9.36. The zero-order chi connectivity index (χ0) is 14.8. The van der Waals surface area contributed by atoms with Crippen molar-refractivity contribution in [3.05, 3.63) is 29.6 Å². The second-order valence-corrected chi connectivity index (χ2v) is 5.01. The molecule has 1 atom stereocenters. The molecule has 1 saturated heterocycles. The first-order valence-corrected chi connectivity index (χ1v) is 6.39. The molecule has 0 bridgehead atoms. The van der Waals surface area contributed by atoms with Gasteiger partial charge in [-0.05, 0) is 31.5 Å². The summed E-state index contributed by atoms with van der Waals surface area (Å²) in [6, 6.07) is 2.27. The SMILES string of the molecule is FC(F)C1CCCN(Cc2ccc(C(F)(F)F)cn2)C1. The highest BCUT2D eigenvalue weighted by Gasteiger charge is 2.31. The molecule has 0 spiro atoms. The van der Waals surface area contributed by atoms with Gasteiger partial charge in [-0.3, -0.25) is 9.88 Å². The second-order valence-electron chi connectivity index (χ2n) is 5.01. The van der Waals surface area contributed by atoms with Crippen molar-refractivity contribution in [3.8, 4) is 0 Å². The zero-order valence-corrected chi connectivity index (χ0v) is 10.7. The van der Waals surface area contributed by atoms with Crippen LogP contribution in [0.2, 0.25) is 0 Å². The Morgan fingerprint density at radius 3 is 2.60 bits per heavy atom. The van der Waals surface area contributed by atoms with Crippen LogP contribution in [-0.4, -0.2) is 29.4 Å². The number of nitrogens with zero attached hydrogens (tertiary/aromatic N) is 2. The van der Waals surface area contributed by atoms with E-state index >= 15 is 0 Å². The van der Waals surface area contributed by atoms with Gasteiger partial charge in [0.2, 0.25) is 6.43 Å². The molecule has 0 saturated carbocycles. The second kappa shape index (κ2) is 6.03. The lowest BCUT2D eigenvalue weighted by atomic mass is 9.98. The highest BCUT2D eigenvalue weighted by atomic mass is 19.4. The van der Waals surface area contributed by atoms with E-state index in [2.05, 4.69) is 4.98 Å². The van der Waals surface area contributed by atoms with Gasteiger partial charge in [0, 0.05) is 25.2 Å². The number of hydrogen-bond donors (Lipinski definition) is 0. The van der Waals surface area contributed by atoms with Crippen molar-refractivity contribution in [2.45, 2.75) is 32.0 Å². The van der Waals surface area contributed by atoms with Gasteiger partial charge in [-0.15, -0.1) is 0 Å². The predicted octanol–water partition coefficient (Wildman–Crippen LogP) is 3.58. The standard InChI is InChI=1S/C13H15F5N2/c14-12(15)9-2-1-5-20(7-9)8-11-4-3-10(6-19-11)13(16,17)18/h3-4,6,9,12H,1-2,5,7-8H2. The molecule has 1 aromatic heterocycles. The quantitative estimate of drug-likeness (QED) is 0.792. The van der Waals surface area contributed by atoms with E-state index in [0.717, 1.165) is 12.3 Å². The van der Waals surface area contributed by atoms with Gasteiger partial charge in [-0.1, -0.05) is 0 Å². The van der Waals surface area contributed by atoms with Crippen LogP contribution in [0.5, 0.6) is 0 Å². The van der Waals surface area contributed by atoms with E-state index in [1.165, 1.54) is 6.07 Å². The Hall–Kier alpha value is -1.24. The Labute approximate surface area is 113 Å². The van der Waals surface area contributed by atoms with Crippen LogP contribution in [0, 0.1) is 5.92 Å². The first kappa shape index (κ1) is 15.2. The third kappa shape index (κ3) is 3.88. The average Bonchev–Trinajstić information content (AvgIpc) is 2.38. The maximum absolute atomic E-state index is 12.6. The summed E-state index contributed by atoms with van der Waals surface area (Å²) in [7, 11) is 0. The van der Waals surface area contributed by atoms with Gasteiger partial charge in [-0.2, -0.15) is 13.2 Å². The molecule has 0 aliphatic carbocycles. The van der Waals surface area contributed by atoms with Crippen LogP contribution in [-0.2, 0) is 12.7 Å². The molecule has 0 aromatic carbocycles. The largest absolute Gasteiger partial charge is 0.417 e. The maximum Gasteiger partial charge on any atom is 0.417 e. The first-order valence-electron chi connectivity index (χ1n) is 6.39. The van der Waals surface area contributed by atoms with Crippen LogP contribution in [0.25, 0.3) is 0 Å². The normalized spacial score (nSPS) is 21.4. The Bertz CT molecular complexity index is 429. The summed E-state index contributed by atoms with van der Waals surface area (Å²) < 4.78 is 62.5. The number of likely N-dealkylation sites (tertiary alicyclic amines) is 1. The van der Waals surface area contributed by atoms with E-state index in [9.17, 15) is 22.0 Å². The zero-order valence-electron chi connectivity index (χ0n) is 10.7. The third-order valence-electron chi connectivity index (χ3n) is 3.44. The van der Waals surface area contributed by atoms with Crippen LogP contribution in [0.4, 0.5) is 22.0 Å². The van der Waals surface area contributed by atoms with Crippen molar-refractivity contribution in [1.82, 2.24) is 9.88 Å². The Balaban J connectivity index is 1.96. The van der Waals surface area contributed by atoms with E-state index in [0.29, 0.717) is 31.6 Å². The molecule has 1 aliphatic rings. The fraction of sp³-hybridized carbons (Fsp3) is 0.615. The Morgan fingerprint density at radius 2 is 2.05 bits per heavy atom. The van der Waals surface area contributed by atoms with Crippen molar-refractivity contribution >= 4 is 0 Å². The molecule has 2 rings (SSSR count). The molecule has 2 heterocycles. The molecule has 1 aromatic rings. The Morgan fingerprint density at radius 1 is 1.30 bits per heavy atom. The fourth-order valence-electron chi connectivity index (χ4n) is 2.36. The van der Waals surface area contributed by atoms with E-state index in [-0.39, 0.29) is 6.54 Å². The van der Waals surface area contributed by atoms with Gasteiger partial charge in [0.15, 0.2) is 0 Å². The molecule has 1 aliphatic heterocycles. The third-order valence-corrected chi connectivity index (χ3v) is 3.44. The molecule has 20 heavy (non-hydrogen) atoms. The molecule has 0 N–H and O–H groups in total. The van der Waals surface area contributed by atoms with E-state index < -0.39 is 24.1 Å². The van der Waals surface area contributed by atoms with Crippen molar-refractivity contribution < 1.29 is 22.0 Å². The van der Waals surface area contributed by atoms with Gasteiger partial charge >= 0.3 is 6.18 Å². The van der Waals surface area contributed by atoms with E-state index in [1.807, 2.05) is 4.90 Å². The van der Waals surface area contributed by atoms with Crippen LogP contribution >= 0.6 is 0 Å². The summed E-state index contributed by atoms with van der Waals surface area (Å²) in [5.41, 5.74) is -0.335. The summed E-state index contributed by atoms with van der Waals surface area (Å²) in [5, 5.41) is 0. The van der Waals surface area contributed by atoms with Crippen molar-refractivity contribution in [2.24, 2.45) is 5.92 Å². The number of piperidine rings is 1. The minimum absolute atomic E-state index is 0.264. The fourth-order valence-corrected chi connectivity index (χ4v) is 2.36. The summed E-state index contributed by atoms with van der Waals surface area (Å²) >= 11 is 0. The van der Waals surface area contributed by atoms with Crippen molar-refractivity contribution in [2.75, 3.05) is 13.1 Å². The van der Waals surface area contributed by atoms with E-state index in [1.54, 1.807) is 0 Å². The monoisotopic (exact) mass is 294 g/mol. The number of hydrogen-bond acceptors (Lipinski definition) is 2. The number of pyridine rings is 1. The van der Waals surface area contributed by atoms with Gasteiger partial charge in [0.25, 0.3) is 0 Å². The average molecular weight is 294 g/mol. The highest BCUT2D eigenvalue weighted by molar-refractivity contribution is 5.16. The van der Waals surface area contributed by atoms with Crippen LogP contribution in [0.1, 0.15) is 24.1 Å². The van der Waals surface area contributed by atoms with Crippen LogP contribution < -0.4 is 0 Å². The van der Waals surface area contributed by atoms with Crippen molar-refractivity contribution in [3.63, 3.8) is 0 Å².